The molecule has 1 atom stereocenters. The first-order valence-corrected chi connectivity index (χ1v) is 5.31. The Labute approximate surface area is 80.7 Å². The Morgan fingerprint density at radius 2 is 2.31 bits per heavy atom. The van der Waals surface area contributed by atoms with Crippen molar-refractivity contribution in [3.8, 4) is 0 Å². The van der Waals surface area contributed by atoms with E-state index in [-0.39, 0.29) is 12.6 Å². The van der Waals surface area contributed by atoms with Crippen LogP contribution >= 0.6 is 0 Å². The molecule has 13 heavy (non-hydrogen) atoms. The summed E-state index contributed by atoms with van der Waals surface area (Å²) in [5, 5.41) is 9.10. The quantitative estimate of drug-likeness (QED) is 0.648. The van der Waals surface area contributed by atoms with Crippen molar-refractivity contribution in [2.24, 2.45) is 0 Å². The maximum Gasteiger partial charge on any atom is 0.0644 e. The van der Waals surface area contributed by atoms with E-state index in [9.17, 15) is 0 Å². The zero-order chi connectivity index (χ0) is 9.52. The normalized spacial score (nSPS) is 24.9. The van der Waals surface area contributed by atoms with Crippen molar-refractivity contribution < 1.29 is 9.84 Å². The molecule has 0 amide bonds. The van der Waals surface area contributed by atoms with E-state index in [0.29, 0.717) is 6.61 Å². The van der Waals surface area contributed by atoms with E-state index in [1.54, 1.807) is 0 Å². The summed E-state index contributed by atoms with van der Waals surface area (Å²) in [6.45, 7) is 6.05. The molecule has 1 heterocycles. The number of hydrogen-bond acceptors (Lipinski definition) is 3. The first-order chi connectivity index (χ1) is 6.38. The molecule has 0 aromatic rings. The van der Waals surface area contributed by atoms with E-state index in [2.05, 4.69) is 11.8 Å². The van der Waals surface area contributed by atoms with Crippen LogP contribution in [0.15, 0.2) is 0 Å². The molecule has 1 unspecified atom stereocenters. The fourth-order valence-corrected chi connectivity index (χ4v) is 1.72. The van der Waals surface area contributed by atoms with Gasteiger partial charge in [-0.2, -0.15) is 0 Å². The Bertz CT molecular complexity index is 130. The van der Waals surface area contributed by atoms with Gasteiger partial charge in [0.1, 0.15) is 0 Å². The van der Waals surface area contributed by atoms with Crippen LogP contribution in [0.5, 0.6) is 0 Å². The minimum absolute atomic E-state index is 0.228. The minimum Gasteiger partial charge on any atom is -0.395 e. The number of nitrogens with zero attached hydrogens (tertiary/aromatic N) is 1. The van der Waals surface area contributed by atoms with Crippen LogP contribution in [0, 0.1) is 0 Å². The first kappa shape index (κ1) is 11.0. The summed E-state index contributed by atoms with van der Waals surface area (Å²) in [6.07, 6.45) is 3.79. The van der Waals surface area contributed by atoms with Crippen molar-refractivity contribution in [1.82, 2.24) is 4.90 Å². The van der Waals surface area contributed by atoms with Gasteiger partial charge in [-0.1, -0.05) is 19.8 Å². The zero-order valence-electron chi connectivity index (χ0n) is 8.54. The Hall–Kier alpha value is -0.120. The monoisotopic (exact) mass is 187 g/mol. The Morgan fingerprint density at radius 1 is 1.46 bits per heavy atom. The standard InChI is InChI=1S/C10H21NO2/c1-2-3-4-5-11-6-7-13-9-10(11)8-12/h10,12H,2-9H2,1H3. The van der Waals surface area contributed by atoms with E-state index in [0.717, 1.165) is 19.7 Å². The second-order valence-electron chi connectivity index (χ2n) is 3.65. The third kappa shape index (κ3) is 3.63. The number of aliphatic hydroxyl groups excluding tert-OH is 1. The summed E-state index contributed by atoms with van der Waals surface area (Å²) < 4.78 is 5.31. The molecule has 1 rings (SSSR count). The second-order valence-corrected chi connectivity index (χ2v) is 3.65. The molecule has 0 aromatic heterocycles. The predicted molar refractivity (Wildman–Crippen MR) is 52.8 cm³/mol. The molecule has 1 saturated heterocycles. The second kappa shape index (κ2) is 6.35. The largest absolute Gasteiger partial charge is 0.395 e. The van der Waals surface area contributed by atoms with Crippen LogP contribution < -0.4 is 0 Å². The van der Waals surface area contributed by atoms with Crippen molar-refractivity contribution >= 4 is 0 Å². The average Bonchev–Trinajstić information content (AvgIpc) is 2.19. The van der Waals surface area contributed by atoms with Crippen LogP contribution in [-0.4, -0.2) is 49.0 Å². The molecular formula is C10H21NO2. The molecular weight excluding hydrogens is 166 g/mol. The van der Waals surface area contributed by atoms with E-state index >= 15 is 0 Å². The van der Waals surface area contributed by atoms with Crippen molar-refractivity contribution in [3.05, 3.63) is 0 Å². The number of hydrogen-bond donors (Lipinski definition) is 1. The van der Waals surface area contributed by atoms with Crippen LogP contribution in [0.4, 0.5) is 0 Å². The molecule has 78 valence electrons. The van der Waals surface area contributed by atoms with E-state index < -0.39 is 0 Å². The Morgan fingerprint density at radius 3 is 3.00 bits per heavy atom. The highest BCUT2D eigenvalue weighted by Gasteiger charge is 2.20. The number of rotatable bonds is 5. The minimum atomic E-state index is 0.228. The summed E-state index contributed by atoms with van der Waals surface area (Å²) in [5.74, 6) is 0. The van der Waals surface area contributed by atoms with Gasteiger partial charge >= 0.3 is 0 Å². The van der Waals surface area contributed by atoms with Gasteiger partial charge in [0.15, 0.2) is 0 Å². The Kier molecular flexibility index (Phi) is 5.35. The molecule has 1 N–H and O–H groups in total. The third-order valence-corrected chi connectivity index (χ3v) is 2.61. The topological polar surface area (TPSA) is 32.7 Å². The van der Waals surface area contributed by atoms with Gasteiger partial charge in [0, 0.05) is 6.54 Å². The summed E-state index contributed by atoms with van der Waals surface area (Å²) in [5.41, 5.74) is 0. The summed E-state index contributed by atoms with van der Waals surface area (Å²) in [7, 11) is 0. The lowest BCUT2D eigenvalue weighted by Crippen LogP contribution is -2.47. The van der Waals surface area contributed by atoms with Crippen LogP contribution in [0.25, 0.3) is 0 Å². The summed E-state index contributed by atoms with van der Waals surface area (Å²) in [6, 6.07) is 0.241. The van der Waals surface area contributed by atoms with Crippen molar-refractivity contribution in [2.75, 3.05) is 32.9 Å². The lowest BCUT2D eigenvalue weighted by Gasteiger charge is -2.34. The van der Waals surface area contributed by atoms with Gasteiger partial charge in [0.2, 0.25) is 0 Å². The number of ether oxygens (including phenoxy) is 1. The van der Waals surface area contributed by atoms with Crippen LogP contribution in [0.3, 0.4) is 0 Å². The predicted octanol–water partition coefficient (Wildman–Crippen LogP) is 0.870. The van der Waals surface area contributed by atoms with E-state index in [1.807, 2.05) is 0 Å². The fraction of sp³-hybridized carbons (Fsp3) is 1.00. The van der Waals surface area contributed by atoms with Gasteiger partial charge in [0.25, 0.3) is 0 Å². The summed E-state index contributed by atoms with van der Waals surface area (Å²) in [4.78, 5) is 2.35. The van der Waals surface area contributed by atoms with Gasteiger partial charge < -0.3 is 9.84 Å². The van der Waals surface area contributed by atoms with Crippen LogP contribution in [0.1, 0.15) is 26.2 Å². The van der Waals surface area contributed by atoms with Gasteiger partial charge in [0.05, 0.1) is 25.9 Å². The summed E-state index contributed by atoms with van der Waals surface area (Å²) >= 11 is 0. The zero-order valence-corrected chi connectivity index (χ0v) is 8.54. The molecule has 3 heteroatoms. The van der Waals surface area contributed by atoms with Crippen LogP contribution in [-0.2, 0) is 4.74 Å². The molecule has 1 aliphatic rings. The van der Waals surface area contributed by atoms with E-state index in [4.69, 9.17) is 9.84 Å². The average molecular weight is 187 g/mol. The van der Waals surface area contributed by atoms with Crippen molar-refractivity contribution in [1.29, 1.82) is 0 Å². The lowest BCUT2D eigenvalue weighted by molar-refractivity contribution is -0.0278. The molecule has 1 aliphatic heterocycles. The number of aliphatic hydroxyl groups is 1. The molecule has 0 aliphatic carbocycles. The molecule has 0 bridgehead atoms. The molecule has 0 aromatic carbocycles. The van der Waals surface area contributed by atoms with Crippen molar-refractivity contribution in [3.63, 3.8) is 0 Å². The highest BCUT2D eigenvalue weighted by atomic mass is 16.5. The molecule has 0 radical (unpaired) electrons. The smallest absolute Gasteiger partial charge is 0.0644 e. The number of unbranched alkanes of at least 4 members (excludes halogenated alkanes) is 2. The lowest BCUT2D eigenvalue weighted by atomic mass is 10.2. The van der Waals surface area contributed by atoms with Gasteiger partial charge in [-0.3, -0.25) is 4.90 Å². The SMILES string of the molecule is CCCCCN1CCOCC1CO. The van der Waals surface area contributed by atoms with Crippen LogP contribution in [0.2, 0.25) is 0 Å². The third-order valence-electron chi connectivity index (χ3n) is 2.61. The highest BCUT2D eigenvalue weighted by Crippen LogP contribution is 2.08. The molecule has 1 fully saturated rings. The molecule has 0 spiro atoms. The Balaban J connectivity index is 2.19. The maximum absolute atomic E-state index is 9.10. The van der Waals surface area contributed by atoms with Gasteiger partial charge in [-0.25, -0.2) is 0 Å². The van der Waals surface area contributed by atoms with Gasteiger partial charge in [-0.05, 0) is 13.0 Å². The van der Waals surface area contributed by atoms with Crippen molar-refractivity contribution in [2.45, 2.75) is 32.2 Å². The highest BCUT2D eigenvalue weighted by molar-refractivity contribution is 4.73. The number of morpholine rings is 1. The fourth-order valence-electron chi connectivity index (χ4n) is 1.72. The first-order valence-electron chi connectivity index (χ1n) is 5.31. The molecule has 0 saturated carbocycles. The molecule has 3 nitrogen and oxygen atoms in total. The van der Waals surface area contributed by atoms with E-state index in [1.165, 1.54) is 19.3 Å². The van der Waals surface area contributed by atoms with Gasteiger partial charge in [-0.15, -0.1) is 0 Å². The maximum atomic E-state index is 9.10.